The van der Waals surface area contributed by atoms with Crippen molar-refractivity contribution in [2.24, 2.45) is 0 Å². The zero-order valence-corrected chi connectivity index (χ0v) is 17.1. The Balaban J connectivity index is 1.42. The molecule has 0 aliphatic carbocycles. The van der Waals surface area contributed by atoms with Crippen LogP contribution in [0.4, 0.5) is 10.1 Å². The summed E-state index contributed by atoms with van der Waals surface area (Å²) in [4.78, 5) is 21.3. The molecular formula is C23H22FN5O. The highest BCUT2D eigenvalue weighted by Crippen LogP contribution is 2.22. The second-order valence-corrected chi connectivity index (χ2v) is 7.27. The highest BCUT2D eigenvalue weighted by Gasteiger charge is 2.14. The number of carbonyl (C=O) groups excluding carboxylic acids is 1. The highest BCUT2D eigenvalue weighted by molar-refractivity contribution is 5.91. The normalized spacial score (nSPS) is 11.1. The van der Waals surface area contributed by atoms with Crippen molar-refractivity contribution < 1.29 is 9.18 Å². The quantitative estimate of drug-likeness (QED) is 0.535. The molecule has 1 N–H and O–H groups in total. The Morgan fingerprint density at radius 2 is 1.80 bits per heavy atom. The van der Waals surface area contributed by atoms with Crippen LogP contribution < -0.4 is 5.32 Å². The molecule has 2 aromatic carbocycles. The van der Waals surface area contributed by atoms with Gasteiger partial charge in [0.1, 0.15) is 11.6 Å². The lowest BCUT2D eigenvalue weighted by Gasteiger charge is -2.11. The number of hydrogen-bond donors (Lipinski definition) is 1. The van der Waals surface area contributed by atoms with E-state index in [2.05, 4.69) is 20.4 Å². The van der Waals surface area contributed by atoms with Crippen LogP contribution in [0.15, 0.2) is 48.5 Å². The lowest BCUT2D eigenvalue weighted by Crippen LogP contribution is -2.14. The van der Waals surface area contributed by atoms with E-state index >= 15 is 0 Å². The summed E-state index contributed by atoms with van der Waals surface area (Å²) in [7, 11) is 0. The summed E-state index contributed by atoms with van der Waals surface area (Å²) < 4.78 is 15.1. The average molecular weight is 403 g/mol. The van der Waals surface area contributed by atoms with Gasteiger partial charge in [-0.25, -0.2) is 13.9 Å². The van der Waals surface area contributed by atoms with E-state index in [9.17, 15) is 9.18 Å². The molecule has 0 spiro atoms. The van der Waals surface area contributed by atoms with Gasteiger partial charge in [-0.15, -0.1) is 0 Å². The molecular weight excluding hydrogens is 381 g/mol. The van der Waals surface area contributed by atoms with Gasteiger partial charge in [-0.1, -0.05) is 24.3 Å². The minimum Gasteiger partial charge on any atom is -0.326 e. The van der Waals surface area contributed by atoms with Crippen LogP contribution in [0.25, 0.3) is 16.9 Å². The standard InChI is InChI=1S/C23H22FN5O/c1-14-21(15(2)29-23(25-14)26-16(3)28-29)11-12-22(30)27-20-9-7-17(8-10-20)18-5-4-6-19(24)13-18/h4-10,13H,11-12H2,1-3H3,(H,27,30). The number of fused-ring (bicyclic) bond motifs is 1. The Labute approximate surface area is 173 Å². The van der Waals surface area contributed by atoms with E-state index in [1.54, 1.807) is 10.6 Å². The smallest absolute Gasteiger partial charge is 0.252 e. The molecule has 0 fully saturated rings. The first-order chi connectivity index (χ1) is 14.4. The Kier molecular flexibility index (Phi) is 5.27. The molecule has 2 aromatic heterocycles. The van der Waals surface area contributed by atoms with Crippen LogP contribution in [0.1, 0.15) is 29.2 Å². The molecule has 4 rings (SSSR count). The van der Waals surface area contributed by atoms with Gasteiger partial charge in [-0.05, 0) is 68.1 Å². The van der Waals surface area contributed by atoms with Crippen molar-refractivity contribution in [2.45, 2.75) is 33.6 Å². The lowest BCUT2D eigenvalue weighted by molar-refractivity contribution is -0.116. The third-order valence-electron chi connectivity index (χ3n) is 5.08. The predicted octanol–water partition coefficient (Wildman–Crippen LogP) is 4.43. The molecule has 0 atom stereocenters. The van der Waals surface area contributed by atoms with Gasteiger partial charge in [0.2, 0.25) is 5.91 Å². The molecule has 7 heteroatoms. The Morgan fingerprint density at radius 1 is 1.03 bits per heavy atom. The Hall–Kier alpha value is -3.61. The molecule has 6 nitrogen and oxygen atoms in total. The van der Waals surface area contributed by atoms with Gasteiger partial charge in [0.15, 0.2) is 0 Å². The summed E-state index contributed by atoms with van der Waals surface area (Å²) in [6.45, 7) is 5.72. The van der Waals surface area contributed by atoms with Crippen LogP contribution in [-0.2, 0) is 11.2 Å². The van der Waals surface area contributed by atoms with Crippen LogP contribution in [0.5, 0.6) is 0 Å². The fourth-order valence-electron chi connectivity index (χ4n) is 3.55. The van der Waals surface area contributed by atoms with Gasteiger partial charge < -0.3 is 5.32 Å². The second-order valence-electron chi connectivity index (χ2n) is 7.27. The lowest BCUT2D eigenvalue weighted by atomic mass is 10.0. The first kappa shape index (κ1) is 19.7. The first-order valence-electron chi connectivity index (χ1n) is 9.76. The van der Waals surface area contributed by atoms with Gasteiger partial charge in [-0.2, -0.15) is 10.1 Å². The van der Waals surface area contributed by atoms with Crippen LogP contribution in [0, 0.1) is 26.6 Å². The number of carbonyl (C=O) groups is 1. The number of benzene rings is 2. The van der Waals surface area contributed by atoms with E-state index in [4.69, 9.17) is 0 Å². The second kappa shape index (κ2) is 8.02. The fourth-order valence-corrected chi connectivity index (χ4v) is 3.55. The number of aromatic nitrogens is 4. The Morgan fingerprint density at radius 3 is 2.53 bits per heavy atom. The summed E-state index contributed by atoms with van der Waals surface area (Å²) in [5.41, 5.74) is 5.20. The number of hydrogen-bond acceptors (Lipinski definition) is 4. The minimum absolute atomic E-state index is 0.0813. The number of halogens is 1. The number of amides is 1. The molecule has 0 aliphatic heterocycles. The van der Waals surface area contributed by atoms with Crippen molar-refractivity contribution in [1.29, 1.82) is 0 Å². The van der Waals surface area contributed by atoms with E-state index in [1.165, 1.54) is 12.1 Å². The molecule has 152 valence electrons. The molecule has 4 aromatic rings. The molecule has 0 aliphatic rings. The zero-order valence-electron chi connectivity index (χ0n) is 17.1. The van der Waals surface area contributed by atoms with Crippen molar-refractivity contribution in [1.82, 2.24) is 19.6 Å². The zero-order chi connectivity index (χ0) is 21.3. The fraction of sp³-hybridized carbons (Fsp3) is 0.217. The van der Waals surface area contributed by atoms with Crippen LogP contribution in [0.3, 0.4) is 0 Å². The molecule has 0 saturated heterocycles. The average Bonchev–Trinajstić information content (AvgIpc) is 3.08. The molecule has 0 bridgehead atoms. The molecule has 0 radical (unpaired) electrons. The van der Waals surface area contributed by atoms with Gasteiger partial charge >= 0.3 is 0 Å². The van der Waals surface area contributed by atoms with E-state index in [-0.39, 0.29) is 11.7 Å². The molecule has 0 unspecified atom stereocenters. The van der Waals surface area contributed by atoms with Gasteiger partial charge in [0.25, 0.3) is 5.78 Å². The van der Waals surface area contributed by atoms with E-state index in [0.29, 0.717) is 30.1 Å². The number of nitrogens with one attached hydrogen (secondary N) is 1. The van der Waals surface area contributed by atoms with Crippen molar-refractivity contribution in [3.05, 3.63) is 77.1 Å². The molecule has 30 heavy (non-hydrogen) atoms. The maximum atomic E-state index is 13.4. The summed E-state index contributed by atoms with van der Waals surface area (Å²) >= 11 is 0. The summed E-state index contributed by atoms with van der Waals surface area (Å²) in [5, 5.41) is 7.28. The largest absolute Gasteiger partial charge is 0.326 e. The molecule has 1 amide bonds. The summed E-state index contributed by atoms with van der Waals surface area (Å²) in [6.07, 6.45) is 0.890. The third kappa shape index (κ3) is 4.05. The summed E-state index contributed by atoms with van der Waals surface area (Å²) in [5.74, 6) is 0.891. The van der Waals surface area contributed by atoms with Crippen molar-refractivity contribution in [3.8, 4) is 11.1 Å². The maximum Gasteiger partial charge on any atom is 0.252 e. The number of aryl methyl sites for hydroxylation is 3. The Bertz CT molecular complexity index is 1230. The van der Waals surface area contributed by atoms with E-state index < -0.39 is 0 Å². The van der Waals surface area contributed by atoms with E-state index in [0.717, 1.165) is 28.1 Å². The predicted molar refractivity (Wildman–Crippen MR) is 114 cm³/mol. The SMILES string of the molecule is Cc1nc2nc(C)c(CCC(=O)Nc3ccc(-c4cccc(F)c4)cc3)c(C)n2n1. The third-order valence-corrected chi connectivity index (χ3v) is 5.08. The van der Waals surface area contributed by atoms with Gasteiger partial charge in [0.05, 0.1) is 0 Å². The minimum atomic E-state index is -0.274. The molecule has 0 saturated carbocycles. The monoisotopic (exact) mass is 403 g/mol. The van der Waals surface area contributed by atoms with Crippen LogP contribution in [0.2, 0.25) is 0 Å². The van der Waals surface area contributed by atoms with Gasteiger partial charge in [-0.3, -0.25) is 4.79 Å². The van der Waals surface area contributed by atoms with Crippen molar-refractivity contribution in [3.63, 3.8) is 0 Å². The van der Waals surface area contributed by atoms with Gasteiger partial charge in [0, 0.05) is 23.5 Å². The number of nitrogens with zero attached hydrogens (tertiary/aromatic N) is 4. The number of rotatable bonds is 5. The first-order valence-corrected chi connectivity index (χ1v) is 9.76. The number of anilines is 1. The van der Waals surface area contributed by atoms with E-state index in [1.807, 2.05) is 51.1 Å². The van der Waals surface area contributed by atoms with Crippen molar-refractivity contribution in [2.75, 3.05) is 5.32 Å². The maximum absolute atomic E-state index is 13.4. The van der Waals surface area contributed by atoms with Crippen LogP contribution in [-0.4, -0.2) is 25.5 Å². The summed E-state index contributed by atoms with van der Waals surface area (Å²) in [6, 6.07) is 13.8. The highest BCUT2D eigenvalue weighted by atomic mass is 19.1. The van der Waals surface area contributed by atoms with Crippen molar-refractivity contribution >= 4 is 17.4 Å². The topological polar surface area (TPSA) is 72.2 Å². The van der Waals surface area contributed by atoms with Crippen LogP contribution >= 0.6 is 0 Å². The molecule has 2 heterocycles.